The molecule has 1 aromatic carbocycles. The maximum atomic E-state index is 13.5. The van der Waals surface area contributed by atoms with Crippen LogP contribution in [0.5, 0.6) is 0 Å². The lowest BCUT2D eigenvalue weighted by Crippen LogP contribution is -2.17. The molecule has 0 amide bonds. The fourth-order valence-corrected chi connectivity index (χ4v) is 5.85. The van der Waals surface area contributed by atoms with Crippen LogP contribution in [-0.4, -0.2) is 20.3 Å². The number of carbonyl (C=O) groups excluding carboxylic acids is 1. The number of rotatable bonds is 4. The fourth-order valence-electron chi connectivity index (χ4n) is 4.43. The van der Waals surface area contributed by atoms with Crippen LogP contribution in [0.4, 0.5) is 0 Å². The van der Waals surface area contributed by atoms with Crippen molar-refractivity contribution >= 4 is 56.2 Å². The Morgan fingerprint density at radius 1 is 1.09 bits per heavy atom. The highest BCUT2D eigenvalue weighted by Gasteiger charge is 2.26. The van der Waals surface area contributed by atoms with Crippen LogP contribution >= 0.6 is 22.7 Å². The third-order valence-electron chi connectivity index (χ3n) is 5.94. The number of allylic oxidation sites excluding steroid dienone is 1. The first-order valence-electron chi connectivity index (χ1n) is 11.0. The molecule has 0 unspecified atom stereocenters. The molecule has 5 aromatic rings. The summed E-state index contributed by atoms with van der Waals surface area (Å²) in [4.78, 5) is 36.9. The van der Waals surface area contributed by atoms with Crippen molar-refractivity contribution in [1.29, 1.82) is 0 Å². The predicted molar refractivity (Wildman–Crippen MR) is 135 cm³/mol. The summed E-state index contributed by atoms with van der Waals surface area (Å²) in [6.45, 7) is -0.0637. The van der Waals surface area contributed by atoms with Gasteiger partial charge in [0.2, 0.25) is 0 Å². The molecular weight excluding hydrogens is 466 g/mol. The van der Waals surface area contributed by atoms with Gasteiger partial charge in [-0.15, -0.1) is 22.7 Å². The van der Waals surface area contributed by atoms with Crippen LogP contribution in [0.2, 0.25) is 0 Å². The van der Waals surface area contributed by atoms with Crippen LogP contribution < -0.4 is 5.56 Å². The van der Waals surface area contributed by atoms with Gasteiger partial charge in [-0.3, -0.25) is 9.20 Å². The molecule has 0 N–H and O–H groups in total. The number of hydrogen-bond donors (Lipinski definition) is 0. The molecule has 0 spiro atoms. The van der Waals surface area contributed by atoms with Gasteiger partial charge in [0.1, 0.15) is 6.61 Å². The molecular formula is C26H19N3O3S2. The average molecular weight is 486 g/mol. The molecule has 6 nitrogen and oxygen atoms in total. The van der Waals surface area contributed by atoms with E-state index in [1.807, 2.05) is 30.3 Å². The summed E-state index contributed by atoms with van der Waals surface area (Å²) in [7, 11) is 0. The normalized spacial score (nSPS) is 14.5. The molecule has 0 atom stereocenters. The molecule has 0 saturated heterocycles. The molecule has 0 aliphatic heterocycles. The SMILES string of the molecule is O=C(OCc1cc(=O)n2ccsc2n1)c1c2c(nc3ccccc13)C(=Cc1cccs1)CCC2. The lowest BCUT2D eigenvalue weighted by molar-refractivity contribution is 0.0468. The minimum absolute atomic E-state index is 0.0637. The zero-order valence-corrected chi connectivity index (χ0v) is 19.7. The summed E-state index contributed by atoms with van der Waals surface area (Å²) in [5.41, 5.74) is 4.52. The Kier molecular flexibility index (Phi) is 5.31. The molecule has 34 heavy (non-hydrogen) atoms. The van der Waals surface area contributed by atoms with E-state index in [4.69, 9.17) is 9.72 Å². The minimum atomic E-state index is -0.416. The van der Waals surface area contributed by atoms with Gasteiger partial charge >= 0.3 is 5.97 Å². The first-order chi connectivity index (χ1) is 16.7. The topological polar surface area (TPSA) is 73.6 Å². The Morgan fingerprint density at radius 3 is 2.88 bits per heavy atom. The first kappa shape index (κ1) is 20.9. The van der Waals surface area contributed by atoms with Crippen LogP contribution in [0.3, 0.4) is 0 Å². The van der Waals surface area contributed by atoms with Crippen molar-refractivity contribution in [2.45, 2.75) is 25.9 Å². The lowest BCUT2D eigenvalue weighted by atomic mass is 9.86. The van der Waals surface area contributed by atoms with E-state index in [9.17, 15) is 9.59 Å². The molecule has 0 bridgehead atoms. The van der Waals surface area contributed by atoms with E-state index < -0.39 is 5.97 Å². The van der Waals surface area contributed by atoms with Crippen molar-refractivity contribution in [2.24, 2.45) is 0 Å². The van der Waals surface area contributed by atoms with Gasteiger partial charge in [0.15, 0.2) is 4.96 Å². The van der Waals surface area contributed by atoms with E-state index in [-0.39, 0.29) is 12.2 Å². The summed E-state index contributed by atoms with van der Waals surface area (Å²) in [5.74, 6) is -0.416. The number of esters is 1. The van der Waals surface area contributed by atoms with Crippen LogP contribution in [0.25, 0.3) is 27.5 Å². The third-order valence-corrected chi connectivity index (χ3v) is 7.52. The van der Waals surface area contributed by atoms with Crippen molar-refractivity contribution in [1.82, 2.24) is 14.4 Å². The second kappa shape index (κ2) is 8.62. The largest absolute Gasteiger partial charge is 0.456 e. The van der Waals surface area contributed by atoms with E-state index in [1.54, 1.807) is 22.9 Å². The molecule has 0 fully saturated rings. The number of carbonyl (C=O) groups is 1. The van der Waals surface area contributed by atoms with Gasteiger partial charge in [0.25, 0.3) is 5.56 Å². The highest BCUT2D eigenvalue weighted by atomic mass is 32.1. The summed E-state index contributed by atoms with van der Waals surface area (Å²) in [6.07, 6.45) is 6.48. The number of fused-ring (bicyclic) bond motifs is 3. The third kappa shape index (κ3) is 3.74. The number of nitrogens with zero attached hydrogens (tertiary/aromatic N) is 3. The van der Waals surface area contributed by atoms with Crippen molar-refractivity contribution in [3.8, 4) is 0 Å². The number of ether oxygens (including phenoxy) is 1. The number of thiophene rings is 1. The number of benzene rings is 1. The molecule has 1 aliphatic rings. The van der Waals surface area contributed by atoms with Gasteiger partial charge in [-0.05, 0) is 54.0 Å². The number of para-hydroxylation sites is 1. The van der Waals surface area contributed by atoms with Crippen molar-refractivity contribution in [3.63, 3.8) is 0 Å². The highest BCUT2D eigenvalue weighted by molar-refractivity contribution is 7.15. The molecule has 168 valence electrons. The summed E-state index contributed by atoms with van der Waals surface area (Å²) >= 11 is 3.05. The average Bonchev–Trinajstić information content (AvgIpc) is 3.54. The van der Waals surface area contributed by atoms with Gasteiger partial charge in [0, 0.05) is 27.9 Å². The van der Waals surface area contributed by atoms with Crippen LogP contribution in [0, 0.1) is 0 Å². The van der Waals surface area contributed by atoms with Gasteiger partial charge in [-0.2, -0.15) is 0 Å². The summed E-state index contributed by atoms with van der Waals surface area (Å²) in [5, 5.41) is 4.64. The Balaban J connectivity index is 1.40. The molecule has 6 rings (SSSR count). The Morgan fingerprint density at radius 2 is 2.00 bits per heavy atom. The standard InChI is InChI=1S/C26H19N3O3S2/c30-22-14-17(27-26-29(22)10-12-34-26)15-32-25(31)23-19-7-1-2-9-21(19)28-24-16(5-3-8-20(23)24)13-18-6-4-11-33-18/h1-2,4,6-7,9-14H,3,5,8,15H2. The lowest BCUT2D eigenvalue weighted by Gasteiger charge is -2.22. The van der Waals surface area contributed by atoms with Gasteiger partial charge in [-0.1, -0.05) is 24.3 Å². The van der Waals surface area contributed by atoms with Gasteiger partial charge < -0.3 is 4.74 Å². The Hall–Kier alpha value is -3.62. The second-order valence-electron chi connectivity index (χ2n) is 8.09. The zero-order chi connectivity index (χ0) is 23.1. The monoisotopic (exact) mass is 485 g/mol. The smallest absolute Gasteiger partial charge is 0.339 e. The molecule has 4 aromatic heterocycles. The second-order valence-corrected chi connectivity index (χ2v) is 9.94. The van der Waals surface area contributed by atoms with Gasteiger partial charge in [-0.25, -0.2) is 14.8 Å². The molecule has 0 radical (unpaired) electrons. The number of hydrogen-bond acceptors (Lipinski definition) is 7. The molecule has 1 aliphatic carbocycles. The van der Waals surface area contributed by atoms with Crippen LogP contribution in [0.15, 0.2) is 64.2 Å². The van der Waals surface area contributed by atoms with Crippen molar-refractivity contribution in [2.75, 3.05) is 0 Å². The van der Waals surface area contributed by atoms with Crippen LogP contribution in [0.1, 0.15) is 45.0 Å². The maximum Gasteiger partial charge on any atom is 0.339 e. The Bertz CT molecular complexity index is 1630. The van der Waals surface area contributed by atoms with E-state index >= 15 is 0 Å². The predicted octanol–water partition coefficient (Wildman–Crippen LogP) is 5.60. The minimum Gasteiger partial charge on any atom is -0.456 e. The first-order valence-corrected chi connectivity index (χ1v) is 12.7. The van der Waals surface area contributed by atoms with E-state index in [0.29, 0.717) is 16.2 Å². The maximum absolute atomic E-state index is 13.5. The van der Waals surface area contributed by atoms with Crippen LogP contribution in [-0.2, 0) is 17.8 Å². The molecule has 8 heteroatoms. The van der Waals surface area contributed by atoms with E-state index in [2.05, 4.69) is 22.5 Å². The molecule has 4 heterocycles. The number of pyridine rings is 1. The summed E-state index contributed by atoms with van der Waals surface area (Å²) in [6, 6.07) is 13.2. The fraction of sp³-hybridized carbons (Fsp3) is 0.154. The quantitative estimate of drug-likeness (QED) is 0.310. The van der Waals surface area contributed by atoms with E-state index in [1.165, 1.54) is 26.7 Å². The van der Waals surface area contributed by atoms with E-state index in [0.717, 1.165) is 47.0 Å². The number of thiazole rings is 1. The zero-order valence-electron chi connectivity index (χ0n) is 18.1. The number of aromatic nitrogens is 3. The van der Waals surface area contributed by atoms with Crippen molar-refractivity contribution in [3.05, 3.63) is 97.2 Å². The molecule has 0 saturated carbocycles. The van der Waals surface area contributed by atoms with Gasteiger partial charge in [0.05, 0.1) is 22.5 Å². The van der Waals surface area contributed by atoms with Crippen molar-refractivity contribution < 1.29 is 9.53 Å². The summed E-state index contributed by atoms with van der Waals surface area (Å²) < 4.78 is 7.20. The highest BCUT2D eigenvalue weighted by Crippen LogP contribution is 2.37. The Labute approximate surface area is 202 Å².